The molecule has 0 N–H and O–H groups in total. The number of benzene rings is 1. The topological polar surface area (TPSA) is 98.6 Å². The van der Waals surface area contributed by atoms with E-state index in [1.165, 1.54) is 23.0 Å². The molecule has 4 heterocycles. The normalized spacial score (nSPS) is 21.1. The van der Waals surface area contributed by atoms with Gasteiger partial charge in [0.1, 0.15) is 11.8 Å². The number of hydrogen-bond donors (Lipinski definition) is 0. The molecule has 37 heavy (non-hydrogen) atoms. The van der Waals surface area contributed by atoms with Crippen LogP contribution < -0.4 is 9.77 Å². The first-order valence-electron chi connectivity index (χ1n) is 11.1. The van der Waals surface area contributed by atoms with Crippen molar-refractivity contribution in [3.63, 3.8) is 0 Å². The summed E-state index contributed by atoms with van der Waals surface area (Å²) < 4.78 is 46.2. The highest BCUT2D eigenvalue weighted by molar-refractivity contribution is 8.00. The number of carbonyl (C=O) groups is 3. The molecule has 0 spiro atoms. The van der Waals surface area contributed by atoms with Gasteiger partial charge in [0.15, 0.2) is 0 Å². The van der Waals surface area contributed by atoms with Crippen molar-refractivity contribution >= 4 is 46.6 Å². The Morgan fingerprint density at radius 1 is 1.14 bits per heavy atom. The average molecular weight is 550 g/mol. The summed E-state index contributed by atoms with van der Waals surface area (Å²) in [5, 5.41) is -0.674. The van der Waals surface area contributed by atoms with Gasteiger partial charge in [-0.25, -0.2) is 4.90 Å². The van der Waals surface area contributed by atoms with Crippen molar-refractivity contribution in [1.82, 2.24) is 9.55 Å². The number of thiazole rings is 1. The van der Waals surface area contributed by atoms with E-state index in [1.807, 2.05) is 0 Å². The van der Waals surface area contributed by atoms with Gasteiger partial charge in [0.05, 0.1) is 28.8 Å². The van der Waals surface area contributed by atoms with Crippen LogP contribution in [-0.4, -0.2) is 39.2 Å². The molecule has 1 fully saturated rings. The largest absolute Gasteiger partial charge is 0.465 e. The van der Waals surface area contributed by atoms with Crippen molar-refractivity contribution in [2.75, 3.05) is 11.5 Å². The summed E-state index contributed by atoms with van der Waals surface area (Å²) in [6.45, 7) is 1.38. The van der Waals surface area contributed by atoms with E-state index in [9.17, 15) is 32.3 Å². The minimum Gasteiger partial charge on any atom is -0.465 e. The second-order valence-corrected chi connectivity index (χ2v) is 10.4. The summed E-state index contributed by atoms with van der Waals surface area (Å²) in [4.78, 5) is 57.2. The first kappa shape index (κ1) is 25.2. The molecule has 3 aromatic rings. The van der Waals surface area contributed by atoms with E-state index in [1.54, 1.807) is 19.1 Å². The van der Waals surface area contributed by atoms with Crippen LogP contribution in [0.3, 0.4) is 0 Å². The second kappa shape index (κ2) is 9.45. The Kier molecular flexibility index (Phi) is 6.44. The zero-order valence-corrected chi connectivity index (χ0v) is 20.7. The number of carbonyl (C=O) groups excluding carboxylic acids is 3. The van der Waals surface area contributed by atoms with Crippen molar-refractivity contribution in [3.8, 4) is 0 Å². The fourth-order valence-corrected chi connectivity index (χ4v) is 7.36. The van der Waals surface area contributed by atoms with Crippen LogP contribution in [0.25, 0.3) is 0 Å². The van der Waals surface area contributed by atoms with E-state index in [-0.39, 0.29) is 18.8 Å². The average Bonchev–Trinajstić information content (AvgIpc) is 3.30. The molecule has 2 aromatic heterocycles. The number of aromatic nitrogens is 2. The van der Waals surface area contributed by atoms with Crippen LogP contribution in [0.1, 0.15) is 28.8 Å². The first-order valence-corrected chi connectivity index (χ1v) is 12.8. The lowest BCUT2D eigenvalue weighted by Crippen LogP contribution is -2.32. The zero-order valence-electron chi connectivity index (χ0n) is 19.1. The number of nitrogens with zero attached hydrogens (tertiary/aromatic N) is 3. The Morgan fingerprint density at radius 2 is 1.92 bits per heavy atom. The number of halogens is 3. The smallest absolute Gasteiger partial charge is 0.416 e. The molecule has 1 aromatic carbocycles. The summed E-state index contributed by atoms with van der Waals surface area (Å²) >= 11 is 1.82. The van der Waals surface area contributed by atoms with E-state index in [4.69, 9.17) is 4.74 Å². The number of esters is 1. The van der Waals surface area contributed by atoms with Crippen molar-refractivity contribution in [2.24, 2.45) is 5.92 Å². The molecule has 8 nitrogen and oxygen atoms in total. The molecule has 13 heteroatoms. The number of fused-ring (bicyclic) bond motifs is 2. The summed E-state index contributed by atoms with van der Waals surface area (Å²) in [6.07, 6.45) is -1.61. The van der Waals surface area contributed by atoms with Crippen molar-refractivity contribution < 1.29 is 32.3 Å². The van der Waals surface area contributed by atoms with Gasteiger partial charge in [-0.1, -0.05) is 35.2 Å². The Hall–Kier alpha value is -3.45. The van der Waals surface area contributed by atoms with Crippen LogP contribution in [0.4, 0.5) is 18.9 Å². The van der Waals surface area contributed by atoms with Crippen LogP contribution >= 0.6 is 23.1 Å². The minimum absolute atomic E-state index is 0.120. The van der Waals surface area contributed by atoms with E-state index in [0.29, 0.717) is 15.5 Å². The number of amides is 2. The van der Waals surface area contributed by atoms with E-state index in [2.05, 4.69) is 4.98 Å². The standard InChI is InChI=1S/C24H18F3N3O5S2/c1-2-35-15(31)11-29-22-19(37-23(29)34)16(12-5-4-8-28-10-12)17-18(36-22)21(33)30(20(17)32)14-7-3-6-13(9-14)24(25,26)27/h3-10,16-18H,2,11H2,1H3/t16-,17?,18?/m1/s1. The molecule has 0 bridgehead atoms. The number of thioether (sulfide) groups is 1. The van der Waals surface area contributed by atoms with Gasteiger partial charge in [0.2, 0.25) is 11.8 Å². The summed E-state index contributed by atoms with van der Waals surface area (Å²) in [7, 11) is 0. The summed E-state index contributed by atoms with van der Waals surface area (Å²) in [5.74, 6) is -3.74. The number of rotatable bonds is 5. The number of ether oxygens (including phenoxy) is 1. The molecule has 5 rings (SSSR count). The maximum absolute atomic E-state index is 13.7. The Balaban J connectivity index is 1.62. The third kappa shape index (κ3) is 4.35. The summed E-state index contributed by atoms with van der Waals surface area (Å²) in [5.41, 5.74) is -0.605. The van der Waals surface area contributed by atoms with Gasteiger partial charge in [-0.05, 0) is 36.8 Å². The highest BCUT2D eigenvalue weighted by Gasteiger charge is 2.57. The molecule has 192 valence electrons. The Bertz CT molecular complexity index is 1450. The predicted octanol–water partition coefficient (Wildman–Crippen LogP) is 3.68. The molecule has 0 saturated carbocycles. The number of imide groups is 1. The molecule has 3 atom stereocenters. The van der Waals surface area contributed by atoms with Crippen LogP contribution in [0.2, 0.25) is 0 Å². The lowest BCUT2D eigenvalue weighted by atomic mass is 9.84. The lowest BCUT2D eigenvalue weighted by Gasteiger charge is -2.30. The van der Waals surface area contributed by atoms with Crippen molar-refractivity contribution in [3.05, 3.63) is 74.5 Å². The third-order valence-corrected chi connectivity index (χ3v) is 8.72. The van der Waals surface area contributed by atoms with Gasteiger partial charge in [0.25, 0.3) is 0 Å². The molecule has 2 aliphatic heterocycles. The second-order valence-electron chi connectivity index (χ2n) is 8.32. The molecule has 0 aliphatic carbocycles. The quantitative estimate of drug-likeness (QED) is 0.354. The maximum atomic E-state index is 13.7. The summed E-state index contributed by atoms with van der Waals surface area (Å²) in [6, 6.07) is 7.40. The lowest BCUT2D eigenvalue weighted by molar-refractivity contribution is -0.144. The number of anilines is 1. The van der Waals surface area contributed by atoms with Gasteiger partial charge in [0, 0.05) is 23.2 Å². The molecule has 2 aliphatic rings. The van der Waals surface area contributed by atoms with Gasteiger partial charge in [-0.15, -0.1) is 0 Å². The molecule has 0 radical (unpaired) electrons. The fraction of sp³-hybridized carbons (Fsp3) is 0.292. The molecular formula is C24H18F3N3O5S2. The van der Waals surface area contributed by atoms with E-state index in [0.717, 1.165) is 46.2 Å². The van der Waals surface area contributed by atoms with Crippen LogP contribution in [0.15, 0.2) is 58.6 Å². The highest BCUT2D eigenvalue weighted by atomic mass is 32.2. The minimum atomic E-state index is -4.66. The molecule has 2 unspecified atom stereocenters. The van der Waals surface area contributed by atoms with Crippen molar-refractivity contribution in [1.29, 1.82) is 0 Å². The molecular weight excluding hydrogens is 531 g/mol. The van der Waals surface area contributed by atoms with Gasteiger partial charge < -0.3 is 4.74 Å². The van der Waals surface area contributed by atoms with E-state index < -0.39 is 51.5 Å². The fourth-order valence-electron chi connectivity index (χ4n) is 4.59. The van der Waals surface area contributed by atoms with Gasteiger partial charge in [-0.3, -0.25) is 28.7 Å². The van der Waals surface area contributed by atoms with Gasteiger partial charge in [-0.2, -0.15) is 13.2 Å². The maximum Gasteiger partial charge on any atom is 0.416 e. The first-order chi connectivity index (χ1) is 17.6. The third-order valence-electron chi connectivity index (χ3n) is 6.12. The number of hydrogen-bond acceptors (Lipinski definition) is 8. The van der Waals surface area contributed by atoms with E-state index >= 15 is 0 Å². The van der Waals surface area contributed by atoms with Crippen molar-refractivity contribution in [2.45, 2.75) is 35.8 Å². The molecule has 2 amide bonds. The number of alkyl halides is 3. The SMILES string of the molecule is CCOC(=O)Cn1c2c(sc1=O)[C@H](c1cccnc1)C1C(=O)N(c3cccc(C(F)(F)F)c3)C(=O)C1S2. The number of pyridine rings is 1. The Labute approximate surface area is 216 Å². The van der Waals surface area contributed by atoms with Crippen LogP contribution in [0.5, 0.6) is 0 Å². The molecule has 1 saturated heterocycles. The predicted molar refractivity (Wildman–Crippen MR) is 128 cm³/mol. The van der Waals surface area contributed by atoms with Crippen LogP contribution in [0, 0.1) is 5.92 Å². The van der Waals surface area contributed by atoms with Gasteiger partial charge >= 0.3 is 17.0 Å². The zero-order chi connectivity index (χ0) is 26.5. The van der Waals surface area contributed by atoms with Crippen LogP contribution in [-0.2, 0) is 31.8 Å². The highest BCUT2D eigenvalue weighted by Crippen LogP contribution is 2.53. The monoisotopic (exact) mass is 549 g/mol. The Morgan fingerprint density at radius 3 is 2.59 bits per heavy atom.